The van der Waals surface area contributed by atoms with Crippen molar-refractivity contribution in [3.05, 3.63) is 0 Å². The molecule has 8 heavy (non-hydrogen) atoms. The highest BCUT2D eigenvalue weighted by Crippen LogP contribution is 1.74. The lowest BCUT2D eigenvalue weighted by Gasteiger charge is -1.98. The van der Waals surface area contributed by atoms with Crippen LogP contribution in [0.1, 0.15) is 0 Å². The second-order valence-corrected chi connectivity index (χ2v) is 1.94. The zero-order chi connectivity index (χ0) is 6.24. The zero-order valence-corrected chi connectivity index (χ0v) is 6.97. The van der Waals surface area contributed by atoms with E-state index in [0.717, 1.165) is 0 Å². The van der Waals surface area contributed by atoms with Crippen LogP contribution in [0.15, 0.2) is 0 Å². The second kappa shape index (κ2) is 7.61. The minimum absolute atomic E-state index is 0.587. The van der Waals surface area contributed by atoms with Gasteiger partial charge in [0.1, 0.15) is 6.73 Å². The maximum Gasteiger partial charge on any atom is 0.105 e. The van der Waals surface area contributed by atoms with Crippen molar-refractivity contribution in [2.45, 2.75) is 0 Å². The van der Waals surface area contributed by atoms with Crippen molar-refractivity contribution in [1.29, 1.82) is 0 Å². The number of methoxy groups -OCH3 is 1. The molecule has 0 unspecified atom stereocenters. The molecule has 50 valence electrons. The summed E-state index contributed by atoms with van der Waals surface area (Å²) in [5.41, 5.74) is 0. The maximum absolute atomic E-state index is 4.98. The van der Waals surface area contributed by atoms with Gasteiger partial charge in [-0.2, -0.15) is 0 Å². The first kappa shape index (κ1) is 8.61. The van der Waals surface area contributed by atoms with Crippen molar-refractivity contribution in [3.63, 3.8) is 0 Å². The van der Waals surface area contributed by atoms with Crippen molar-refractivity contribution in [1.82, 2.24) is 3.53 Å². The molecule has 0 spiro atoms. The van der Waals surface area contributed by atoms with Gasteiger partial charge < -0.3 is 9.47 Å². The molecule has 0 aromatic rings. The van der Waals surface area contributed by atoms with E-state index in [1.54, 1.807) is 7.11 Å². The van der Waals surface area contributed by atoms with Gasteiger partial charge in [0.25, 0.3) is 0 Å². The molecule has 0 rings (SSSR count). The first-order valence-electron chi connectivity index (χ1n) is 2.32. The average molecular weight is 231 g/mol. The molecule has 0 radical (unpaired) electrons. The fourth-order valence-corrected chi connectivity index (χ4v) is 0.473. The van der Waals surface area contributed by atoms with E-state index < -0.39 is 0 Å². The van der Waals surface area contributed by atoms with Gasteiger partial charge in [-0.05, 0) is 0 Å². The molecule has 0 saturated heterocycles. The highest BCUT2D eigenvalue weighted by molar-refractivity contribution is 14.1. The fraction of sp³-hybridized carbons (Fsp3) is 1.00. The molecular weight excluding hydrogens is 221 g/mol. The Balaban J connectivity index is 2.53. The molecule has 0 aromatic carbocycles. The number of hydrogen-bond donors (Lipinski definition) is 1. The lowest BCUT2D eigenvalue weighted by molar-refractivity contribution is 0.0712. The summed E-state index contributed by atoms with van der Waals surface area (Å²) in [6.07, 6.45) is 0. The van der Waals surface area contributed by atoms with Gasteiger partial charge in [-0.15, -0.1) is 0 Å². The quantitative estimate of drug-likeness (QED) is 0.324. The third-order valence-electron chi connectivity index (χ3n) is 0.588. The summed E-state index contributed by atoms with van der Waals surface area (Å²) in [4.78, 5) is 0. The molecule has 0 aliphatic heterocycles. The van der Waals surface area contributed by atoms with Gasteiger partial charge >= 0.3 is 0 Å². The van der Waals surface area contributed by atoms with Gasteiger partial charge in [-0.1, -0.05) is 0 Å². The number of rotatable bonds is 5. The molecule has 4 heteroatoms. The minimum Gasteiger partial charge on any atom is -0.382 e. The van der Waals surface area contributed by atoms with Crippen molar-refractivity contribution >= 4 is 22.9 Å². The van der Waals surface area contributed by atoms with Crippen LogP contribution in [0.25, 0.3) is 0 Å². The van der Waals surface area contributed by atoms with Crippen LogP contribution in [0.2, 0.25) is 0 Å². The monoisotopic (exact) mass is 231 g/mol. The van der Waals surface area contributed by atoms with Gasteiger partial charge in [0.2, 0.25) is 0 Å². The smallest absolute Gasteiger partial charge is 0.105 e. The SMILES string of the molecule is COCCOCNI. The van der Waals surface area contributed by atoms with E-state index in [-0.39, 0.29) is 0 Å². The van der Waals surface area contributed by atoms with Crippen molar-refractivity contribution in [2.24, 2.45) is 0 Å². The third kappa shape index (κ3) is 6.61. The first-order chi connectivity index (χ1) is 3.91. The Hall–Kier alpha value is 0.610. The molecule has 0 aromatic heterocycles. The van der Waals surface area contributed by atoms with Crippen LogP contribution in [0.5, 0.6) is 0 Å². The molecule has 0 aliphatic carbocycles. The summed E-state index contributed by atoms with van der Waals surface area (Å²) in [6.45, 7) is 1.91. The molecule has 0 atom stereocenters. The Bertz CT molecular complexity index is 39.0. The lowest BCUT2D eigenvalue weighted by atomic mass is 10.8. The Labute approximate surface area is 63.2 Å². The molecule has 1 N–H and O–H groups in total. The van der Waals surface area contributed by atoms with Crippen LogP contribution in [0.4, 0.5) is 0 Å². The van der Waals surface area contributed by atoms with E-state index in [1.165, 1.54) is 0 Å². The normalized spacial score (nSPS) is 9.75. The van der Waals surface area contributed by atoms with Crippen LogP contribution in [-0.4, -0.2) is 27.1 Å². The van der Waals surface area contributed by atoms with Gasteiger partial charge in [0, 0.05) is 30.0 Å². The van der Waals surface area contributed by atoms with Crippen molar-refractivity contribution in [2.75, 3.05) is 27.1 Å². The summed E-state index contributed by atoms with van der Waals surface area (Å²) in [7, 11) is 1.65. The van der Waals surface area contributed by atoms with Crippen LogP contribution in [0.3, 0.4) is 0 Å². The molecule has 0 heterocycles. The number of halogens is 1. The van der Waals surface area contributed by atoms with E-state index in [1.807, 2.05) is 22.9 Å². The fourth-order valence-electron chi connectivity index (χ4n) is 0.253. The number of hydrogen-bond acceptors (Lipinski definition) is 3. The Morgan fingerprint density at radius 3 is 2.75 bits per heavy atom. The van der Waals surface area contributed by atoms with Gasteiger partial charge in [-0.3, -0.25) is 0 Å². The Kier molecular flexibility index (Phi) is 8.19. The van der Waals surface area contributed by atoms with Crippen LogP contribution in [-0.2, 0) is 9.47 Å². The predicted octanol–water partition coefficient (Wildman–Crippen LogP) is 0.546. The molecule has 0 aliphatic rings. The average Bonchev–Trinajstić information content (AvgIpc) is 1.81. The van der Waals surface area contributed by atoms with E-state index in [0.29, 0.717) is 19.9 Å². The van der Waals surface area contributed by atoms with Gasteiger partial charge in [-0.25, -0.2) is 3.53 Å². The lowest BCUT2D eigenvalue weighted by Crippen LogP contribution is -2.09. The Morgan fingerprint density at radius 2 is 2.25 bits per heavy atom. The molecule has 0 bridgehead atoms. The molecular formula is C4H10INO2. The summed E-state index contributed by atoms with van der Waals surface area (Å²) in [5, 5.41) is 0. The molecule has 0 saturated carbocycles. The minimum atomic E-state index is 0.587. The number of nitrogens with one attached hydrogen (secondary N) is 1. The van der Waals surface area contributed by atoms with E-state index in [2.05, 4.69) is 3.53 Å². The number of ether oxygens (including phenoxy) is 2. The van der Waals surface area contributed by atoms with E-state index in [9.17, 15) is 0 Å². The highest BCUT2D eigenvalue weighted by atomic mass is 127. The van der Waals surface area contributed by atoms with Crippen molar-refractivity contribution in [3.8, 4) is 0 Å². The predicted molar refractivity (Wildman–Crippen MR) is 39.9 cm³/mol. The molecule has 3 nitrogen and oxygen atoms in total. The summed E-state index contributed by atoms with van der Waals surface area (Å²) in [6, 6.07) is 0. The third-order valence-corrected chi connectivity index (χ3v) is 0.900. The standard InChI is InChI=1S/C4H10INO2/c1-7-2-3-8-4-6-5/h6H,2-4H2,1H3. The topological polar surface area (TPSA) is 30.5 Å². The van der Waals surface area contributed by atoms with Crippen LogP contribution < -0.4 is 3.53 Å². The van der Waals surface area contributed by atoms with Crippen LogP contribution in [0, 0.1) is 0 Å². The summed E-state index contributed by atoms with van der Waals surface area (Å²) < 4.78 is 12.5. The first-order valence-corrected chi connectivity index (χ1v) is 3.40. The van der Waals surface area contributed by atoms with E-state index >= 15 is 0 Å². The summed E-state index contributed by atoms with van der Waals surface area (Å²) >= 11 is 2.02. The van der Waals surface area contributed by atoms with Crippen LogP contribution >= 0.6 is 22.9 Å². The van der Waals surface area contributed by atoms with Gasteiger partial charge in [0.05, 0.1) is 13.2 Å². The zero-order valence-electron chi connectivity index (χ0n) is 4.82. The maximum atomic E-state index is 4.98. The second-order valence-electron chi connectivity index (χ2n) is 1.18. The summed E-state index contributed by atoms with van der Waals surface area (Å²) in [5.74, 6) is 0. The highest BCUT2D eigenvalue weighted by Gasteiger charge is 1.81. The molecule has 0 amide bonds. The van der Waals surface area contributed by atoms with Gasteiger partial charge in [0.15, 0.2) is 0 Å². The van der Waals surface area contributed by atoms with E-state index in [4.69, 9.17) is 9.47 Å². The van der Waals surface area contributed by atoms with Crippen molar-refractivity contribution < 1.29 is 9.47 Å². The Morgan fingerprint density at radius 1 is 1.50 bits per heavy atom. The largest absolute Gasteiger partial charge is 0.382 e. The molecule has 0 fully saturated rings.